The maximum Gasteiger partial charge on any atom is 0.0472 e. The highest BCUT2D eigenvalue weighted by Crippen LogP contribution is 2.24. The first-order valence-corrected chi connectivity index (χ1v) is 5.87. The summed E-state index contributed by atoms with van der Waals surface area (Å²) in [5.74, 6) is 0. The van der Waals surface area contributed by atoms with Crippen molar-refractivity contribution < 1.29 is 5.11 Å². The summed E-state index contributed by atoms with van der Waals surface area (Å²) in [6.07, 6.45) is 0.575. The zero-order chi connectivity index (χ0) is 12.4. The van der Waals surface area contributed by atoms with E-state index in [1.807, 2.05) is 18.2 Å². The van der Waals surface area contributed by atoms with E-state index in [-0.39, 0.29) is 18.7 Å². The molecule has 17 heavy (non-hydrogen) atoms. The van der Waals surface area contributed by atoms with Gasteiger partial charge in [-0.05, 0) is 30.2 Å². The van der Waals surface area contributed by atoms with Gasteiger partial charge < -0.3 is 27.2 Å². The second-order valence-electron chi connectivity index (χ2n) is 4.59. The summed E-state index contributed by atoms with van der Waals surface area (Å²) >= 11 is 0. The average Bonchev–Trinajstić information content (AvgIpc) is 2.63. The average molecular weight is 236 g/mol. The van der Waals surface area contributed by atoms with Crippen molar-refractivity contribution in [1.29, 1.82) is 0 Å². The smallest absolute Gasteiger partial charge is 0.0472 e. The predicted octanol–water partition coefficient (Wildman–Crippen LogP) is -0.722. The highest BCUT2D eigenvalue weighted by molar-refractivity contribution is 5.59. The van der Waals surface area contributed by atoms with Crippen LogP contribution in [0.3, 0.4) is 0 Å². The fourth-order valence-electron chi connectivity index (χ4n) is 2.19. The molecular weight excluding hydrogens is 216 g/mol. The van der Waals surface area contributed by atoms with Crippen molar-refractivity contribution in [2.45, 2.75) is 18.5 Å². The third kappa shape index (κ3) is 2.52. The van der Waals surface area contributed by atoms with Gasteiger partial charge in [0.2, 0.25) is 0 Å². The van der Waals surface area contributed by atoms with Crippen molar-refractivity contribution in [2.75, 3.05) is 30.3 Å². The molecule has 2 atom stereocenters. The van der Waals surface area contributed by atoms with Crippen molar-refractivity contribution >= 4 is 11.4 Å². The number of anilines is 2. The summed E-state index contributed by atoms with van der Waals surface area (Å²) in [7, 11) is 0. The molecule has 0 radical (unpaired) electrons. The topological polar surface area (TPSA) is 102 Å². The Kier molecular flexibility index (Phi) is 3.51. The first-order chi connectivity index (χ1) is 8.11. The largest absolute Gasteiger partial charge is 0.399 e. The Morgan fingerprint density at radius 1 is 1.24 bits per heavy atom. The number of nitrogens with zero attached hydrogens (tertiary/aromatic N) is 1. The second kappa shape index (κ2) is 4.91. The lowest BCUT2D eigenvalue weighted by Crippen LogP contribution is -2.39. The number of nitrogen functional groups attached to an aromatic ring is 1. The summed E-state index contributed by atoms with van der Waals surface area (Å²) < 4.78 is 0. The minimum absolute atomic E-state index is 0.0221. The van der Waals surface area contributed by atoms with Crippen LogP contribution in [-0.2, 0) is 6.42 Å². The maximum absolute atomic E-state index is 8.98. The molecule has 5 nitrogen and oxygen atoms in total. The summed E-state index contributed by atoms with van der Waals surface area (Å²) in [5.41, 5.74) is 20.4. The molecule has 1 aromatic rings. The second-order valence-corrected chi connectivity index (χ2v) is 4.59. The van der Waals surface area contributed by atoms with Crippen LogP contribution in [0.1, 0.15) is 5.56 Å². The van der Waals surface area contributed by atoms with Crippen molar-refractivity contribution in [3.63, 3.8) is 0 Å². The van der Waals surface area contributed by atoms with Gasteiger partial charge in [0, 0.05) is 43.2 Å². The molecule has 0 saturated carbocycles. The zero-order valence-electron chi connectivity index (χ0n) is 9.84. The van der Waals surface area contributed by atoms with Crippen LogP contribution < -0.4 is 22.1 Å². The third-order valence-corrected chi connectivity index (χ3v) is 3.29. The molecule has 1 heterocycles. The third-order valence-electron chi connectivity index (χ3n) is 3.29. The van der Waals surface area contributed by atoms with Gasteiger partial charge in [-0.2, -0.15) is 0 Å². The molecule has 0 amide bonds. The fourth-order valence-corrected chi connectivity index (χ4v) is 2.19. The molecule has 1 aliphatic heterocycles. The molecule has 0 bridgehead atoms. The van der Waals surface area contributed by atoms with Gasteiger partial charge in [-0.15, -0.1) is 0 Å². The molecular formula is C12H20N4O. The van der Waals surface area contributed by atoms with Crippen LogP contribution in [0.25, 0.3) is 0 Å². The molecule has 1 saturated heterocycles. The van der Waals surface area contributed by atoms with Crippen LogP contribution in [-0.4, -0.2) is 36.9 Å². The zero-order valence-corrected chi connectivity index (χ0v) is 9.84. The van der Waals surface area contributed by atoms with E-state index in [9.17, 15) is 0 Å². The van der Waals surface area contributed by atoms with Gasteiger partial charge in [-0.3, -0.25) is 0 Å². The number of hydrogen-bond donors (Lipinski definition) is 4. The fraction of sp³-hybridized carbons (Fsp3) is 0.500. The van der Waals surface area contributed by atoms with E-state index in [1.165, 1.54) is 0 Å². The van der Waals surface area contributed by atoms with Crippen LogP contribution in [0.15, 0.2) is 18.2 Å². The maximum atomic E-state index is 8.98. The number of aliphatic hydroxyl groups is 1. The highest BCUT2D eigenvalue weighted by atomic mass is 16.2. The summed E-state index contributed by atoms with van der Waals surface area (Å²) in [4.78, 5) is 2.16. The van der Waals surface area contributed by atoms with Crippen LogP contribution in [0.2, 0.25) is 0 Å². The van der Waals surface area contributed by atoms with Gasteiger partial charge in [-0.25, -0.2) is 0 Å². The molecule has 1 aliphatic rings. The summed E-state index contributed by atoms with van der Waals surface area (Å²) in [6.45, 7) is 1.64. The van der Waals surface area contributed by atoms with Crippen LogP contribution in [0.4, 0.5) is 11.4 Å². The normalized spacial score (nSPS) is 24.3. The molecule has 2 rings (SSSR count). The van der Waals surface area contributed by atoms with E-state index >= 15 is 0 Å². The Hall–Kier alpha value is -1.30. The number of hydrogen-bond acceptors (Lipinski definition) is 5. The molecule has 0 spiro atoms. The standard InChI is InChI=1S/C12H20N4O/c13-10-2-1-9(5-8(10)3-4-17)16-6-11(14)12(15)7-16/h1-2,5,11-12,17H,3-4,6-7,13-15H2. The Morgan fingerprint density at radius 3 is 2.47 bits per heavy atom. The Labute approximate surface area is 101 Å². The number of nitrogens with two attached hydrogens (primary N) is 3. The molecule has 1 aromatic carbocycles. The van der Waals surface area contributed by atoms with E-state index in [4.69, 9.17) is 22.3 Å². The van der Waals surface area contributed by atoms with Gasteiger partial charge in [0.05, 0.1) is 0 Å². The lowest BCUT2D eigenvalue weighted by molar-refractivity contribution is 0.300. The van der Waals surface area contributed by atoms with Crippen LogP contribution in [0.5, 0.6) is 0 Å². The van der Waals surface area contributed by atoms with E-state index in [1.54, 1.807) is 0 Å². The Bertz CT molecular complexity index is 386. The molecule has 2 unspecified atom stereocenters. The quantitative estimate of drug-likeness (QED) is 0.519. The van der Waals surface area contributed by atoms with Crippen molar-refractivity contribution in [3.05, 3.63) is 23.8 Å². The van der Waals surface area contributed by atoms with Gasteiger partial charge in [0.1, 0.15) is 0 Å². The SMILES string of the molecule is Nc1ccc(N2CC(N)C(N)C2)cc1CCO. The molecule has 7 N–H and O–H groups in total. The van der Waals surface area contributed by atoms with Gasteiger partial charge in [0.15, 0.2) is 0 Å². The van der Waals surface area contributed by atoms with Gasteiger partial charge in [-0.1, -0.05) is 0 Å². The van der Waals surface area contributed by atoms with Crippen molar-refractivity contribution in [2.24, 2.45) is 11.5 Å². The number of rotatable bonds is 3. The summed E-state index contributed by atoms with van der Waals surface area (Å²) in [5, 5.41) is 8.98. The van der Waals surface area contributed by atoms with E-state index in [0.717, 1.165) is 30.0 Å². The molecule has 5 heteroatoms. The minimum Gasteiger partial charge on any atom is -0.399 e. The van der Waals surface area contributed by atoms with Crippen molar-refractivity contribution in [1.82, 2.24) is 0 Å². The molecule has 1 fully saturated rings. The predicted molar refractivity (Wildman–Crippen MR) is 69.8 cm³/mol. The number of aliphatic hydroxyl groups excluding tert-OH is 1. The lowest BCUT2D eigenvalue weighted by Gasteiger charge is -2.19. The van der Waals surface area contributed by atoms with Gasteiger partial charge in [0.25, 0.3) is 0 Å². The Morgan fingerprint density at radius 2 is 1.88 bits per heavy atom. The summed E-state index contributed by atoms with van der Waals surface area (Å²) in [6, 6.07) is 5.90. The minimum atomic E-state index is 0.0221. The molecule has 0 aromatic heterocycles. The number of benzene rings is 1. The van der Waals surface area contributed by atoms with Crippen LogP contribution >= 0.6 is 0 Å². The first kappa shape index (κ1) is 12.2. The monoisotopic (exact) mass is 236 g/mol. The molecule has 0 aliphatic carbocycles. The Balaban J connectivity index is 2.19. The van der Waals surface area contributed by atoms with E-state index in [2.05, 4.69) is 4.90 Å². The molecule has 94 valence electrons. The van der Waals surface area contributed by atoms with E-state index < -0.39 is 0 Å². The lowest BCUT2D eigenvalue weighted by atomic mass is 10.1. The van der Waals surface area contributed by atoms with Crippen LogP contribution in [0, 0.1) is 0 Å². The van der Waals surface area contributed by atoms with E-state index in [0.29, 0.717) is 6.42 Å². The van der Waals surface area contributed by atoms with Gasteiger partial charge >= 0.3 is 0 Å². The highest BCUT2D eigenvalue weighted by Gasteiger charge is 2.27. The first-order valence-electron chi connectivity index (χ1n) is 5.87. The van der Waals surface area contributed by atoms with Crippen molar-refractivity contribution in [3.8, 4) is 0 Å².